The zero-order valence-electron chi connectivity index (χ0n) is 9.84. The van der Waals surface area contributed by atoms with E-state index < -0.39 is 15.9 Å². The zero-order chi connectivity index (χ0) is 12.3. The molecule has 2 N–H and O–H groups in total. The lowest BCUT2D eigenvalue weighted by atomic mass is 10.2. The van der Waals surface area contributed by atoms with Crippen molar-refractivity contribution in [2.75, 3.05) is 49.2 Å². The van der Waals surface area contributed by atoms with E-state index in [0.717, 1.165) is 26.2 Å². The van der Waals surface area contributed by atoms with Crippen LogP contribution in [-0.2, 0) is 9.84 Å². The van der Waals surface area contributed by atoms with E-state index >= 15 is 0 Å². The van der Waals surface area contributed by atoms with Gasteiger partial charge in [0.1, 0.15) is 0 Å². The topological polar surface area (TPSA) is 69.6 Å². The van der Waals surface area contributed by atoms with Crippen LogP contribution in [-0.4, -0.2) is 79.8 Å². The van der Waals surface area contributed by atoms with Gasteiger partial charge in [0, 0.05) is 43.7 Å². The first-order valence-corrected chi connectivity index (χ1v) is 8.96. The van der Waals surface area contributed by atoms with E-state index in [-0.39, 0.29) is 17.5 Å². The predicted molar refractivity (Wildman–Crippen MR) is 70.2 cm³/mol. The fourth-order valence-corrected chi connectivity index (χ4v) is 5.01. The summed E-state index contributed by atoms with van der Waals surface area (Å²) >= 11 is 1.98. The van der Waals surface area contributed by atoms with Gasteiger partial charge in [0.15, 0.2) is 9.84 Å². The van der Waals surface area contributed by atoms with E-state index in [1.807, 2.05) is 11.8 Å². The highest BCUT2D eigenvalue weighted by atomic mass is 32.2. The van der Waals surface area contributed by atoms with Crippen LogP contribution < -0.4 is 5.32 Å². The molecule has 2 fully saturated rings. The van der Waals surface area contributed by atoms with Gasteiger partial charge in [0.25, 0.3) is 0 Å². The molecule has 5 nitrogen and oxygen atoms in total. The van der Waals surface area contributed by atoms with Crippen molar-refractivity contribution in [3.63, 3.8) is 0 Å². The monoisotopic (exact) mass is 280 g/mol. The minimum atomic E-state index is -3.03. The fourth-order valence-electron chi connectivity index (χ4n) is 2.26. The van der Waals surface area contributed by atoms with Gasteiger partial charge in [-0.15, -0.1) is 0 Å². The smallest absolute Gasteiger partial charge is 0.154 e. The second kappa shape index (κ2) is 5.88. The van der Waals surface area contributed by atoms with Crippen molar-refractivity contribution in [1.29, 1.82) is 0 Å². The van der Waals surface area contributed by atoms with Crippen molar-refractivity contribution in [3.8, 4) is 0 Å². The Balaban J connectivity index is 1.68. The van der Waals surface area contributed by atoms with Gasteiger partial charge in [0.2, 0.25) is 0 Å². The molecular formula is C10H20N2O3S2. The highest BCUT2D eigenvalue weighted by Gasteiger charge is 2.35. The lowest BCUT2D eigenvalue weighted by Crippen LogP contribution is -2.44. The van der Waals surface area contributed by atoms with Crippen LogP contribution in [0.1, 0.15) is 0 Å². The van der Waals surface area contributed by atoms with Crippen LogP contribution in [0.4, 0.5) is 0 Å². The number of nitrogens with zero attached hydrogens (tertiary/aromatic N) is 1. The molecular weight excluding hydrogens is 260 g/mol. The second-order valence-corrected chi connectivity index (χ2v) is 8.04. The third-order valence-electron chi connectivity index (χ3n) is 3.26. The molecule has 0 aromatic carbocycles. The molecule has 2 aliphatic heterocycles. The molecule has 17 heavy (non-hydrogen) atoms. The molecule has 2 atom stereocenters. The van der Waals surface area contributed by atoms with Gasteiger partial charge in [-0.3, -0.25) is 0 Å². The van der Waals surface area contributed by atoms with Crippen LogP contribution in [0.2, 0.25) is 0 Å². The molecule has 2 aliphatic rings. The molecule has 0 aliphatic carbocycles. The summed E-state index contributed by atoms with van der Waals surface area (Å²) < 4.78 is 22.6. The quantitative estimate of drug-likeness (QED) is 0.673. The van der Waals surface area contributed by atoms with E-state index in [1.165, 1.54) is 11.5 Å². The highest BCUT2D eigenvalue weighted by Crippen LogP contribution is 2.12. The molecule has 0 saturated carbocycles. The van der Waals surface area contributed by atoms with E-state index in [0.29, 0.717) is 0 Å². The number of thioether (sulfide) groups is 1. The number of aliphatic hydroxyl groups is 1. The van der Waals surface area contributed by atoms with Crippen LogP contribution in [0.5, 0.6) is 0 Å². The summed E-state index contributed by atoms with van der Waals surface area (Å²) in [7, 11) is -3.03. The molecule has 0 radical (unpaired) electrons. The molecule has 100 valence electrons. The molecule has 0 aromatic rings. The number of nitrogens with one attached hydrogen (secondary N) is 1. The Labute approximate surface area is 107 Å². The Kier molecular flexibility index (Phi) is 4.71. The zero-order valence-corrected chi connectivity index (χ0v) is 11.5. The van der Waals surface area contributed by atoms with Crippen LogP contribution >= 0.6 is 11.8 Å². The Morgan fingerprint density at radius 3 is 2.59 bits per heavy atom. The predicted octanol–water partition coefficient (Wildman–Crippen LogP) is -1.22. The van der Waals surface area contributed by atoms with Gasteiger partial charge in [-0.1, -0.05) is 0 Å². The third kappa shape index (κ3) is 4.10. The summed E-state index contributed by atoms with van der Waals surface area (Å²) in [4.78, 5) is 2.37. The van der Waals surface area contributed by atoms with Crippen molar-refractivity contribution in [3.05, 3.63) is 0 Å². The molecule has 7 heteroatoms. The minimum Gasteiger partial charge on any atom is -0.390 e. The number of hydrogen-bond donors (Lipinski definition) is 2. The highest BCUT2D eigenvalue weighted by molar-refractivity contribution is 7.99. The summed E-state index contributed by atoms with van der Waals surface area (Å²) in [6.45, 7) is 3.90. The maximum atomic E-state index is 11.3. The minimum absolute atomic E-state index is 0.0734. The maximum Gasteiger partial charge on any atom is 0.154 e. The molecule has 2 unspecified atom stereocenters. The first-order chi connectivity index (χ1) is 8.07. The van der Waals surface area contributed by atoms with Gasteiger partial charge >= 0.3 is 0 Å². The Morgan fingerprint density at radius 2 is 2.00 bits per heavy atom. The van der Waals surface area contributed by atoms with Gasteiger partial charge in [-0.25, -0.2) is 8.42 Å². The normalized spacial score (nSPS) is 33.9. The van der Waals surface area contributed by atoms with Gasteiger partial charge in [-0.05, 0) is 0 Å². The van der Waals surface area contributed by atoms with Gasteiger partial charge in [-0.2, -0.15) is 11.8 Å². The molecule has 0 aromatic heterocycles. The number of sulfone groups is 1. The third-order valence-corrected chi connectivity index (χ3v) is 5.92. The lowest BCUT2D eigenvalue weighted by molar-refractivity contribution is 0.163. The molecule has 2 saturated heterocycles. The lowest BCUT2D eigenvalue weighted by Gasteiger charge is -2.27. The average molecular weight is 280 g/mol. The van der Waals surface area contributed by atoms with E-state index in [1.54, 1.807) is 0 Å². The first kappa shape index (κ1) is 13.6. The van der Waals surface area contributed by atoms with Crippen molar-refractivity contribution in [2.24, 2.45) is 0 Å². The molecule has 0 spiro atoms. The average Bonchev–Trinajstić information content (AvgIpc) is 2.53. The summed E-state index contributed by atoms with van der Waals surface area (Å²) in [6, 6.07) is -0.279. The SMILES string of the molecule is O=S1(=O)CC(O)C(NCCN2CCSCC2)C1. The maximum absolute atomic E-state index is 11.3. The van der Waals surface area contributed by atoms with Crippen LogP contribution in [0.15, 0.2) is 0 Å². The fraction of sp³-hybridized carbons (Fsp3) is 1.00. The van der Waals surface area contributed by atoms with Gasteiger partial charge in [0.05, 0.1) is 17.6 Å². The van der Waals surface area contributed by atoms with Gasteiger partial charge < -0.3 is 15.3 Å². The number of aliphatic hydroxyl groups excluding tert-OH is 1. The number of rotatable bonds is 4. The Morgan fingerprint density at radius 1 is 1.29 bits per heavy atom. The van der Waals surface area contributed by atoms with E-state index in [9.17, 15) is 13.5 Å². The second-order valence-electron chi connectivity index (χ2n) is 4.66. The van der Waals surface area contributed by atoms with E-state index in [4.69, 9.17) is 0 Å². The van der Waals surface area contributed by atoms with Crippen molar-refractivity contribution >= 4 is 21.6 Å². The van der Waals surface area contributed by atoms with Crippen LogP contribution in [0.3, 0.4) is 0 Å². The van der Waals surface area contributed by atoms with Crippen molar-refractivity contribution in [2.45, 2.75) is 12.1 Å². The molecule has 2 heterocycles. The molecule has 2 rings (SSSR count). The van der Waals surface area contributed by atoms with Crippen LogP contribution in [0.25, 0.3) is 0 Å². The summed E-state index contributed by atoms with van der Waals surface area (Å²) in [6.07, 6.45) is -0.739. The Bertz CT molecular complexity index is 341. The van der Waals surface area contributed by atoms with Crippen LogP contribution in [0, 0.1) is 0 Å². The number of hydrogen-bond acceptors (Lipinski definition) is 6. The Hall–Kier alpha value is 0.180. The van der Waals surface area contributed by atoms with Crippen molar-refractivity contribution < 1.29 is 13.5 Å². The first-order valence-electron chi connectivity index (χ1n) is 5.99. The summed E-state index contributed by atoms with van der Waals surface area (Å²) in [5, 5.41) is 12.8. The van der Waals surface area contributed by atoms with E-state index in [2.05, 4.69) is 10.2 Å². The summed E-state index contributed by atoms with van der Waals surface area (Å²) in [5.74, 6) is 2.34. The van der Waals surface area contributed by atoms with Crippen molar-refractivity contribution in [1.82, 2.24) is 10.2 Å². The largest absolute Gasteiger partial charge is 0.390 e. The molecule has 0 bridgehead atoms. The molecule has 0 amide bonds. The summed E-state index contributed by atoms with van der Waals surface area (Å²) in [5.41, 5.74) is 0. The standard InChI is InChI=1S/C10H20N2O3S2/c13-10-8-17(14,15)7-9(10)11-1-2-12-3-5-16-6-4-12/h9-11,13H,1-8H2.